The zero-order valence-corrected chi connectivity index (χ0v) is 33.4. The van der Waals surface area contributed by atoms with Crippen molar-refractivity contribution in [2.45, 2.75) is 23.7 Å². The van der Waals surface area contributed by atoms with Crippen LogP contribution in [0.1, 0.15) is 44.6 Å². The second-order valence-electron chi connectivity index (χ2n) is 12.5. The van der Waals surface area contributed by atoms with E-state index >= 15 is 0 Å². The smallest absolute Gasteiger partial charge is 0.319 e. The Morgan fingerprint density at radius 1 is 0.516 bits per heavy atom. The summed E-state index contributed by atoms with van der Waals surface area (Å²) in [5, 5.41) is 0. The van der Waals surface area contributed by atoms with Crippen molar-refractivity contribution in [3.05, 3.63) is 176 Å². The molecule has 2 aromatic heterocycles. The maximum atomic E-state index is 14.0. The molecule has 6 aromatic rings. The van der Waals surface area contributed by atoms with E-state index in [0.29, 0.717) is 32.4 Å². The van der Waals surface area contributed by atoms with Crippen LogP contribution in [0.2, 0.25) is 0 Å². The number of hydrogen-bond acceptors (Lipinski definition) is 10. The minimum Gasteiger partial charge on any atom is -0.497 e. The lowest BCUT2D eigenvalue weighted by molar-refractivity contribution is -0.137. The summed E-state index contributed by atoms with van der Waals surface area (Å²) in [6, 6.07) is 12.2. The number of nitrogens with zero attached hydrogens (tertiary/aromatic N) is 2. The predicted octanol–water partition coefficient (Wildman–Crippen LogP) is 11.0. The van der Waals surface area contributed by atoms with Gasteiger partial charge in [-0.15, -0.1) is 35.8 Å². The fraction of sp³-hybridized carbons (Fsp3) is 0.143. The van der Waals surface area contributed by atoms with E-state index in [1.807, 2.05) is 0 Å². The van der Waals surface area contributed by atoms with Gasteiger partial charge in [0.1, 0.15) is 11.5 Å². The van der Waals surface area contributed by atoms with Gasteiger partial charge in [-0.2, -0.15) is 17.6 Å². The lowest BCUT2D eigenvalue weighted by atomic mass is 9.85. The van der Waals surface area contributed by atoms with Gasteiger partial charge in [0, 0.05) is 34.0 Å². The number of rotatable bonds is 14. The molecule has 324 valence electrons. The van der Waals surface area contributed by atoms with E-state index in [-0.39, 0.29) is 0 Å². The van der Waals surface area contributed by atoms with Crippen molar-refractivity contribution in [2.75, 3.05) is 14.2 Å². The lowest BCUT2D eigenvalue weighted by Crippen LogP contribution is -2.25. The molecule has 4 aromatic carbocycles. The predicted molar refractivity (Wildman–Crippen MR) is 205 cm³/mol. The minimum absolute atomic E-state index is 0.341. The Bertz CT molecular complexity index is 2330. The van der Waals surface area contributed by atoms with Crippen LogP contribution < -0.4 is 18.9 Å². The normalized spacial score (nSPS) is 12.8. The van der Waals surface area contributed by atoms with Gasteiger partial charge in [0.2, 0.25) is 69.7 Å². The van der Waals surface area contributed by atoms with E-state index in [9.17, 15) is 53.5 Å². The van der Waals surface area contributed by atoms with Gasteiger partial charge >= 0.3 is 11.9 Å². The molecule has 8 nitrogen and oxygen atoms in total. The number of thiazole rings is 2. The summed E-state index contributed by atoms with van der Waals surface area (Å²) in [5.74, 6) is -31.4. The molecule has 6 rings (SSSR count). The first-order valence-corrected chi connectivity index (χ1v) is 19.1. The zero-order valence-electron chi connectivity index (χ0n) is 31.7. The van der Waals surface area contributed by atoms with Gasteiger partial charge in [-0.25, -0.2) is 26.3 Å². The van der Waals surface area contributed by atoms with Gasteiger partial charge in [0.25, 0.3) is 0 Å². The Labute approximate surface area is 353 Å². The summed E-state index contributed by atoms with van der Waals surface area (Å²) < 4.78 is 156. The number of esters is 2. The number of methoxy groups -OCH3 is 2. The highest BCUT2D eigenvalue weighted by Gasteiger charge is 2.37. The largest absolute Gasteiger partial charge is 0.497 e. The highest BCUT2D eigenvalue weighted by atomic mass is 32.1. The van der Waals surface area contributed by atoms with Crippen LogP contribution in [0.5, 0.6) is 23.0 Å². The number of carbonyl (C=O) groups is 2. The quantitative estimate of drug-likeness (QED) is 0.0266. The molecule has 0 unspecified atom stereocenters. The summed E-state index contributed by atoms with van der Waals surface area (Å²) in [6.07, 6.45) is 5.75. The molecule has 0 spiro atoms. The first kappa shape index (κ1) is 46.5. The molecule has 62 heavy (non-hydrogen) atoms. The third-order valence-electron chi connectivity index (χ3n) is 8.99. The first-order valence-electron chi connectivity index (χ1n) is 17.4. The van der Waals surface area contributed by atoms with Gasteiger partial charge in [-0.05, 0) is 35.4 Å². The van der Waals surface area contributed by atoms with E-state index in [0.717, 1.165) is 0 Å². The standard InChI is InChI=1S/2C21H14F5NO3S/c2*1-3-12(13-8-27-9-31-13)14(10-4-6-11(29-2)7-5-10)21(28)30-20-18(25)16(23)15(22)17(24)19(20)26/h2*3-9,12,14H,1H2,2H3/t2*12-,14-/m11/s1. The van der Waals surface area contributed by atoms with Crippen LogP contribution in [0.4, 0.5) is 43.9 Å². The number of benzene rings is 4. The highest BCUT2D eigenvalue weighted by Crippen LogP contribution is 2.41. The van der Waals surface area contributed by atoms with Crippen molar-refractivity contribution in [3.63, 3.8) is 0 Å². The second kappa shape index (κ2) is 20.3. The van der Waals surface area contributed by atoms with Crippen LogP contribution in [0.25, 0.3) is 0 Å². The first-order chi connectivity index (χ1) is 29.6. The molecule has 0 aliphatic carbocycles. The molecule has 2 heterocycles. The number of allylic oxidation sites excluding steroid dienone is 2. The molecule has 0 radical (unpaired) electrons. The summed E-state index contributed by atoms with van der Waals surface area (Å²) >= 11 is 2.38. The average Bonchev–Trinajstić information content (AvgIpc) is 4.04. The molecule has 0 fully saturated rings. The molecule has 0 N–H and O–H groups in total. The summed E-state index contributed by atoms with van der Waals surface area (Å²) in [5.41, 5.74) is 3.69. The van der Waals surface area contributed by atoms with Gasteiger partial charge < -0.3 is 18.9 Å². The Morgan fingerprint density at radius 3 is 1.05 bits per heavy atom. The van der Waals surface area contributed by atoms with Crippen molar-refractivity contribution in [1.82, 2.24) is 9.97 Å². The third-order valence-corrected chi connectivity index (χ3v) is 10.7. The molecule has 0 aliphatic heterocycles. The number of aromatic nitrogens is 2. The molecule has 20 heteroatoms. The Morgan fingerprint density at radius 2 is 0.806 bits per heavy atom. The van der Waals surface area contributed by atoms with Crippen LogP contribution in [0.3, 0.4) is 0 Å². The third kappa shape index (κ3) is 9.65. The number of ether oxygens (including phenoxy) is 4. The summed E-state index contributed by atoms with van der Waals surface area (Å²) in [6.45, 7) is 7.38. The van der Waals surface area contributed by atoms with E-state index in [1.54, 1.807) is 24.3 Å². The summed E-state index contributed by atoms with van der Waals surface area (Å²) in [4.78, 5) is 35.0. The molecule has 0 bridgehead atoms. The number of carbonyl (C=O) groups excluding carboxylic acids is 2. The van der Waals surface area contributed by atoms with Crippen molar-refractivity contribution >= 4 is 34.6 Å². The number of halogens is 10. The molecule has 0 saturated heterocycles. The van der Waals surface area contributed by atoms with E-state index in [4.69, 9.17) is 18.9 Å². The SMILES string of the molecule is C=C[C@H](c1cncs1)[C@H](C(=O)Oc1c(F)c(F)c(F)c(F)c1F)c1ccc(OC)cc1.C=C[C@H](c1cncs1)[C@H](C(=O)Oc1c(F)c(F)c(F)c(F)c1F)c1ccc(OC)cc1. The topological polar surface area (TPSA) is 96.8 Å². The lowest BCUT2D eigenvalue weighted by Gasteiger charge is -2.23. The van der Waals surface area contributed by atoms with E-state index < -0.39 is 105 Å². The van der Waals surface area contributed by atoms with Gasteiger partial charge in [0.05, 0.1) is 37.1 Å². The Balaban J connectivity index is 0.000000234. The van der Waals surface area contributed by atoms with Crippen molar-refractivity contribution in [2.24, 2.45) is 0 Å². The van der Waals surface area contributed by atoms with Crippen LogP contribution in [0.15, 0.2) is 97.3 Å². The molecule has 0 aliphatic rings. The zero-order chi connectivity index (χ0) is 45.4. The molecule has 0 amide bonds. The number of hydrogen-bond donors (Lipinski definition) is 0. The van der Waals surface area contributed by atoms with Gasteiger partial charge in [-0.3, -0.25) is 19.6 Å². The molecule has 0 saturated carbocycles. The van der Waals surface area contributed by atoms with E-state index in [1.165, 1.54) is 96.7 Å². The van der Waals surface area contributed by atoms with Crippen molar-refractivity contribution in [1.29, 1.82) is 0 Å². The summed E-state index contributed by atoms with van der Waals surface area (Å²) in [7, 11) is 2.88. The fourth-order valence-corrected chi connectivity index (χ4v) is 7.40. The van der Waals surface area contributed by atoms with Crippen molar-refractivity contribution in [3.8, 4) is 23.0 Å². The van der Waals surface area contributed by atoms with E-state index in [2.05, 4.69) is 23.1 Å². The van der Waals surface area contributed by atoms with Crippen LogP contribution >= 0.6 is 22.7 Å². The molecular weight excluding hydrogens is 883 g/mol. The van der Waals surface area contributed by atoms with Gasteiger partial charge in [0.15, 0.2) is 0 Å². The Hall–Kier alpha value is -6.54. The fourth-order valence-electron chi connectivity index (χ4n) is 5.89. The average molecular weight is 911 g/mol. The van der Waals surface area contributed by atoms with Gasteiger partial charge in [-0.1, -0.05) is 36.4 Å². The Kier molecular flexibility index (Phi) is 15.3. The minimum atomic E-state index is -2.35. The second-order valence-corrected chi connectivity index (χ2v) is 14.3. The van der Waals surface area contributed by atoms with Crippen molar-refractivity contribution < 1.29 is 72.4 Å². The maximum Gasteiger partial charge on any atom is 0.319 e. The van der Waals surface area contributed by atoms with Crippen LogP contribution in [-0.4, -0.2) is 36.1 Å². The molecule has 4 atom stereocenters. The van der Waals surface area contributed by atoms with Crippen LogP contribution in [0, 0.1) is 58.2 Å². The monoisotopic (exact) mass is 910 g/mol. The maximum absolute atomic E-state index is 14.0. The highest BCUT2D eigenvalue weighted by molar-refractivity contribution is 7.10. The molecular formula is C42H28F10N2O6S2. The van der Waals surface area contributed by atoms with Crippen LogP contribution in [-0.2, 0) is 9.59 Å².